The van der Waals surface area contributed by atoms with Crippen LogP contribution in [0.1, 0.15) is 42.6 Å². The van der Waals surface area contributed by atoms with Gasteiger partial charge in [-0.15, -0.1) is 5.10 Å². The zero-order chi connectivity index (χ0) is 21.4. The van der Waals surface area contributed by atoms with Crippen LogP contribution in [0, 0.1) is 12.7 Å². The van der Waals surface area contributed by atoms with Gasteiger partial charge in [0, 0.05) is 24.0 Å². The molecule has 5 nitrogen and oxygen atoms in total. The summed E-state index contributed by atoms with van der Waals surface area (Å²) in [5.41, 5.74) is 1.45. The minimum absolute atomic E-state index is 0.104. The number of pyridine rings is 1. The summed E-state index contributed by atoms with van der Waals surface area (Å²) >= 11 is 0. The van der Waals surface area contributed by atoms with Gasteiger partial charge < -0.3 is 10.2 Å². The van der Waals surface area contributed by atoms with Gasteiger partial charge in [-0.3, -0.25) is 4.98 Å². The van der Waals surface area contributed by atoms with E-state index in [1.54, 1.807) is 20.0 Å². The van der Waals surface area contributed by atoms with Crippen molar-refractivity contribution in [2.75, 3.05) is 23.3 Å². The number of aromatic nitrogens is 3. The van der Waals surface area contributed by atoms with Gasteiger partial charge in [0.1, 0.15) is 12.0 Å². The molecule has 1 unspecified atom stereocenters. The first-order valence-electron chi connectivity index (χ1n) is 9.70. The van der Waals surface area contributed by atoms with Gasteiger partial charge in [-0.1, -0.05) is 18.2 Å². The van der Waals surface area contributed by atoms with E-state index in [0.717, 1.165) is 11.8 Å². The number of rotatable bonds is 5. The molecule has 0 amide bonds. The average molecular weight is 419 g/mol. The summed E-state index contributed by atoms with van der Waals surface area (Å²) < 4.78 is 54.3. The molecule has 0 radical (unpaired) electrons. The largest absolute Gasteiger partial charge is 0.367 e. The van der Waals surface area contributed by atoms with Crippen LogP contribution >= 0.6 is 0 Å². The lowest BCUT2D eigenvalue weighted by molar-refractivity contribution is 0.146. The molecule has 158 valence electrons. The number of hydrogen-bond donors (Lipinski definition) is 1. The van der Waals surface area contributed by atoms with Gasteiger partial charge in [-0.05, 0) is 26.3 Å². The minimum Gasteiger partial charge on any atom is -0.367 e. The lowest BCUT2D eigenvalue weighted by Gasteiger charge is -2.20. The normalized spacial score (nSPS) is 17.7. The van der Waals surface area contributed by atoms with E-state index in [-0.39, 0.29) is 5.56 Å². The molecule has 1 N–H and O–H groups in total. The van der Waals surface area contributed by atoms with E-state index in [0.29, 0.717) is 41.9 Å². The molecule has 0 spiro atoms. The minimum atomic E-state index is -2.90. The highest BCUT2D eigenvalue weighted by molar-refractivity contribution is 5.92. The number of nitrogens with zero attached hydrogens (tertiary/aromatic N) is 4. The van der Waals surface area contributed by atoms with E-state index in [1.165, 1.54) is 12.1 Å². The van der Waals surface area contributed by atoms with Crippen molar-refractivity contribution in [1.29, 1.82) is 0 Å². The molecule has 3 heterocycles. The van der Waals surface area contributed by atoms with Crippen molar-refractivity contribution in [2.24, 2.45) is 0 Å². The molecule has 1 saturated heterocycles. The van der Waals surface area contributed by atoms with Gasteiger partial charge in [-0.25, -0.2) is 17.6 Å². The Hall–Kier alpha value is -2.97. The zero-order valence-corrected chi connectivity index (χ0v) is 16.5. The van der Waals surface area contributed by atoms with Gasteiger partial charge in [0.25, 0.3) is 6.43 Å². The molecule has 1 fully saturated rings. The van der Waals surface area contributed by atoms with Crippen LogP contribution in [-0.4, -0.2) is 34.4 Å². The van der Waals surface area contributed by atoms with Gasteiger partial charge in [0.15, 0.2) is 5.82 Å². The number of hydrogen-bond acceptors (Lipinski definition) is 5. The van der Waals surface area contributed by atoms with E-state index in [1.807, 2.05) is 11.0 Å². The van der Waals surface area contributed by atoms with Crippen molar-refractivity contribution >= 4 is 22.4 Å². The van der Waals surface area contributed by atoms with Crippen molar-refractivity contribution in [3.05, 3.63) is 53.1 Å². The molecule has 9 heteroatoms. The highest BCUT2D eigenvalue weighted by Crippen LogP contribution is 2.32. The van der Waals surface area contributed by atoms with Crippen molar-refractivity contribution in [3.8, 4) is 0 Å². The molecule has 0 bridgehead atoms. The SMILES string of the molecule is Cc1nnc(NC(C)c2cccc(C(F)F)c2F)c2cc(N3CC[C@H](F)C3)cnc12. The lowest BCUT2D eigenvalue weighted by atomic mass is 10.0. The van der Waals surface area contributed by atoms with Gasteiger partial charge in [0.05, 0.1) is 34.7 Å². The Labute approximate surface area is 171 Å². The summed E-state index contributed by atoms with van der Waals surface area (Å²) in [7, 11) is 0. The summed E-state index contributed by atoms with van der Waals surface area (Å²) in [6.45, 7) is 4.33. The zero-order valence-electron chi connectivity index (χ0n) is 16.5. The molecule has 1 aromatic carbocycles. The van der Waals surface area contributed by atoms with E-state index >= 15 is 0 Å². The molecule has 0 aliphatic carbocycles. The quantitative estimate of drug-likeness (QED) is 0.581. The van der Waals surface area contributed by atoms with E-state index in [2.05, 4.69) is 20.5 Å². The number of benzene rings is 1. The third kappa shape index (κ3) is 3.76. The molecule has 4 rings (SSSR count). The third-order valence-electron chi connectivity index (χ3n) is 5.38. The van der Waals surface area contributed by atoms with Crippen LogP contribution in [0.3, 0.4) is 0 Å². The lowest BCUT2D eigenvalue weighted by Crippen LogP contribution is -2.20. The summed E-state index contributed by atoms with van der Waals surface area (Å²) in [5, 5.41) is 12.0. The number of nitrogens with one attached hydrogen (secondary N) is 1. The molecule has 3 aromatic rings. The van der Waals surface area contributed by atoms with Crippen LogP contribution in [0.25, 0.3) is 10.9 Å². The Morgan fingerprint density at radius 1 is 1.20 bits per heavy atom. The van der Waals surface area contributed by atoms with E-state index < -0.39 is 30.0 Å². The highest BCUT2D eigenvalue weighted by Gasteiger charge is 2.24. The fourth-order valence-corrected chi connectivity index (χ4v) is 3.73. The Morgan fingerprint density at radius 2 is 1.97 bits per heavy atom. The first kappa shape index (κ1) is 20.3. The van der Waals surface area contributed by atoms with Crippen LogP contribution in [-0.2, 0) is 0 Å². The number of fused-ring (bicyclic) bond motifs is 1. The van der Waals surface area contributed by atoms with E-state index in [4.69, 9.17) is 0 Å². The molecular formula is C21H21F4N5. The van der Waals surface area contributed by atoms with Crippen molar-refractivity contribution in [1.82, 2.24) is 15.2 Å². The second-order valence-electron chi connectivity index (χ2n) is 7.47. The number of aryl methyl sites for hydroxylation is 1. The smallest absolute Gasteiger partial charge is 0.266 e. The number of alkyl halides is 3. The van der Waals surface area contributed by atoms with Gasteiger partial charge in [-0.2, -0.15) is 5.10 Å². The predicted octanol–water partition coefficient (Wildman–Crippen LogP) is 5.13. The highest BCUT2D eigenvalue weighted by atomic mass is 19.3. The molecule has 30 heavy (non-hydrogen) atoms. The van der Waals surface area contributed by atoms with Crippen molar-refractivity contribution < 1.29 is 17.6 Å². The van der Waals surface area contributed by atoms with Gasteiger partial charge in [0.2, 0.25) is 0 Å². The molecule has 0 saturated carbocycles. The molecular weight excluding hydrogens is 398 g/mol. The Kier molecular flexibility index (Phi) is 5.44. The van der Waals surface area contributed by atoms with Crippen LogP contribution in [0.15, 0.2) is 30.5 Å². The fourth-order valence-electron chi connectivity index (χ4n) is 3.73. The predicted molar refractivity (Wildman–Crippen MR) is 107 cm³/mol. The molecule has 1 aliphatic heterocycles. The molecule has 2 aromatic heterocycles. The van der Waals surface area contributed by atoms with Crippen molar-refractivity contribution in [3.63, 3.8) is 0 Å². The second kappa shape index (κ2) is 8.04. The fraction of sp³-hybridized carbons (Fsp3) is 0.381. The number of anilines is 2. The maximum atomic E-state index is 14.5. The van der Waals surface area contributed by atoms with Crippen LogP contribution < -0.4 is 10.2 Å². The first-order valence-corrected chi connectivity index (χ1v) is 9.70. The summed E-state index contributed by atoms with van der Waals surface area (Å²) in [6.07, 6.45) is -1.63. The monoisotopic (exact) mass is 419 g/mol. The Balaban J connectivity index is 1.70. The van der Waals surface area contributed by atoms with Crippen molar-refractivity contribution in [2.45, 2.75) is 38.9 Å². The van der Waals surface area contributed by atoms with E-state index in [9.17, 15) is 17.6 Å². The summed E-state index contributed by atoms with van der Waals surface area (Å²) in [6, 6.07) is 5.13. The average Bonchev–Trinajstić information content (AvgIpc) is 3.16. The second-order valence-corrected chi connectivity index (χ2v) is 7.47. The maximum absolute atomic E-state index is 14.5. The van der Waals surface area contributed by atoms with Gasteiger partial charge >= 0.3 is 0 Å². The Bertz CT molecular complexity index is 1070. The summed E-state index contributed by atoms with van der Waals surface area (Å²) in [5.74, 6) is -0.586. The first-order chi connectivity index (χ1) is 14.3. The molecule has 2 atom stereocenters. The number of halogens is 4. The maximum Gasteiger partial charge on any atom is 0.266 e. The summed E-state index contributed by atoms with van der Waals surface area (Å²) in [4.78, 5) is 6.37. The van der Waals surface area contributed by atoms with Crippen LogP contribution in [0.4, 0.5) is 29.1 Å². The van der Waals surface area contributed by atoms with Crippen LogP contribution in [0.5, 0.6) is 0 Å². The molecule has 1 aliphatic rings. The topological polar surface area (TPSA) is 53.9 Å². The standard InChI is InChI=1S/C21H21F4N5/c1-11(15-4-3-5-16(18(15)23)20(24)25)27-21-17-8-14(30-7-6-13(22)10-30)9-26-19(17)12(2)28-29-21/h3-5,8-9,11,13,20H,6-7,10H2,1-2H3,(H,27,29)/t11?,13-/m0/s1. The van der Waals surface area contributed by atoms with Crippen LogP contribution in [0.2, 0.25) is 0 Å². The Morgan fingerprint density at radius 3 is 2.67 bits per heavy atom. The third-order valence-corrected chi connectivity index (χ3v) is 5.38.